The Kier molecular flexibility index (Phi) is 2.55. The molecule has 14 heavy (non-hydrogen) atoms. The van der Waals surface area contributed by atoms with Crippen LogP contribution in [0.3, 0.4) is 0 Å². The third-order valence-corrected chi connectivity index (χ3v) is 2.59. The average molecular weight is 189 g/mol. The van der Waals surface area contributed by atoms with E-state index in [2.05, 4.69) is 26.0 Å². The van der Waals surface area contributed by atoms with Crippen LogP contribution in [0.5, 0.6) is 0 Å². The highest BCUT2D eigenvalue weighted by Gasteiger charge is 2.14. The smallest absolute Gasteiger partial charge is 0.0960 e. The molecule has 1 heterocycles. The number of nitrogens with zero attached hydrogens (tertiary/aromatic N) is 1. The standard InChI is InChI=1S/C12H15NO/c1-10-8-13(14-9-11(10)2)12-6-4-3-5-7-12/h3-7H,8-9H2,1-2H3. The maximum Gasteiger partial charge on any atom is 0.0960 e. The summed E-state index contributed by atoms with van der Waals surface area (Å²) in [5.74, 6) is 0. The lowest BCUT2D eigenvalue weighted by Gasteiger charge is -2.29. The molecule has 74 valence electrons. The first-order valence-electron chi connectivity index (χ1n) is 4.88. The molecule has 0 fully saturated rings. The molecule has 0 saturated heterocycles. The Labute approximate surface area is 84.8 Å². The monoisotopic (exact) mass is 189 g/mol. The van der Waals surface area contributed by atoms with Crippen LogP contribution in [0, 0.1) is 0 Å². The lowest BCUT2D eigenvalue weighted by atomic mass is 10.1. The van der Waals surface area contributed by atoms with Gasteiger partial charge in [-0.1, -0.05) is 23.8 Å². The van der Waals surface area contributed by atoms with Gasteiger partial charge in [-0.3, -0.25) is 4.84 Å². The van der Waals surface area contributed by atoms with Gasteiger partial charge in [-0.25, -0.2) is 5.06 Å². The summed E-state index contributed by atoms with van der Waals surface area (Å²) in [7, 11) is 0. The average Bonchev–Trinajstić information content (AvgIpc) is 2.23. The fourth-order valence-electron chi connectivity index (χ4n) is 1.45. The zero-order valence-corrected chi connectivity index (χ0v) is 8.66. The molecule has 0 bridgehead atoms. The van der Waals surface area contributed by atoms with E-state index in [1.54, 1.807) is 0 Å². The SMILES string of the molecule is CC1=C(C)CN(c2ccccc2)OC1. The van der Waals surface area contributed by atoms with Gasteiger partial charge < -0.3 is 0 Å². The van der Waals surface area contributed by atoms with Crippen LogP contribution < -0.4 is 5.06 Å². The van der Waals surface area contributed by atoms with Gasteiger partial charge in [-0.2, -0.15) is 0 Å². The molecule has 0 N–H and O–H groups in total. The van der Waals surface area contributed by atoms with E-state index >= 15 is 0 Å². The number of hydrogen-bond acceptors (Lipinski definition) is 2. The zero-order valence-electron chi connectivity index (χ0n) is 8.66. The summed E-state index contributed by atoms with van der Waals surface area (Å²) in [4.78, 5) is 5.62. The molecule has 0 atom stereocenters. The second-order valence-corrected chi connectivity index (χ2v) is 3.71. The van der Waals surface area contributed by atoms with Crippen LogP contribution in [-0.2, 0) is 4.84 Å². The highest BCUT2D eigenvalue weighted by molar-refractivity contribution is 5.45. The second-order valence-electron chi connectivity index (χ2n) is 3.71. The van der Waals surface area contributed by atoms with E-state index in [0.717, 1.165) is 12.2 Å². The van der Waals surface area contributed by atoms with Gasteiger partial charge in [0.2, 0.25) is 0 Å². The number of rotatable bonds is 1. The van der Waals surface area contributed by atoms with Crippen LogP contribution >= 0.6 is 0 Å². The quantitative estimate of drug-likeness (QED) is 0.630. The van der Waals surface area contributed by atoms with Crippen molar-refractivity contribution in [3.05, 3.63) is 41.5 Å². The van der Waals surface area contributed by atoms with Crippen LogP contribution in [0.25, 0.3) is 0 Å². The van der Waals surface area contributed by atoms with Crippen molar-refractivity contribution in [2.45, 2.75) is 13.8 Å². The molecule has 0 unspecified atom stereocenters. The Balaban J connectivity index is 2.17. The van der Waals surface area contributed by atoms with E-state index in [-0.39, 0.29) is 0 Å². The summed E-state index contributed by atoms with van der Waals surface area (Å²) >= 11 is 0. The molecule has 2 rings (SSSR count). The number of para-hydroxylation sites is 1. The summed E-state index contributed by atoms with van der Waals surface area (Å²) < 4.78 is 0. The Bertz CT molecular complexity index is 343. The third-order valence-electron chi connectivity index (χ3n) is 2.59. The molecule has 0 amide bonds. The molecule has 1 aliphatic heterocycles. The predicted octanol–water partition coefficient (Wildman–Crippen LogP) is 2.77. The first-order chi connectivity index (χ1) is 6.77. The van der Waals surface area contributed by atoms with Gasteiger partial charge in [0.1, 0.15) is 0 Å². The predicted molar refractivity (Wildman–Crippen MR) is 58.1 cm³/mol. The molecule has 1 aromatic carbocycles. The molecule has 1 aromatic rings. The van der Waals surface area contributed by atoms with Crippen molar-refractivity contribution in [2.24, 2.45) is 0 Å². The summed E-state index contributed by atoms with van der Waals surface area (Å²) in [5, 5.41) is 1.95. The van der Waals surface area contributed by atoms with Crippen LogP contribution in [-0.4, -0.2) is 13.2 Å². The lowest BCUT2D eigenvalue weighted by molar-refractivity contribution is 0.122. The van der Waals surface area contributed by atoms with E-state index in [0.29, 0.717) is 6.61 Å². The van der Waals surface area contributed by atoms with Crippen LogP contribution in [0.4, 0.5) is 5.69 Å². The first kappa shape index (κ1) is 9.28. The number of hydroxylamine groups is 1. The molecule has 2 nitrogen and oxygen atoms in total. The van der Waals surface area contributed by atoms with Gasteiger partial charge in [0, 0.05) is 0 Å². The fourth-order valence-corrected chi connectivity index (χ4v) is 1.45. The Morgan fingerprint density at radius 3 is 2.43 bits per heavy atom. The lowest BCUT2D eigenvalue weighted by Crippen LogP contribution is -2.30. The molecule has 0 aliphatic carbocycles. The highest BCUT2D eigenvalue weighted by atomic mass is 16.7. The van der Waals surface area contributed by atoms with Crippen LogP contribution in [0.2, 0.25) is 0 Å². The summed E-state index contributed by atoms with van der Waals surface area (Å²) in [6.45, 7) is 5.86. The molecule has 0 spiro atoms. The molecule has 0 radical (unpaired) electrons. The van der Waals surface area contributed by atoms with Crippen molar-refractivity contribution in [2.75, 3.05) is 18.2 Å². The summed E-state index contributed by atoms with van der Waals surface area (Å²) in [6.07, 6.45) is 0. The Morgan fingerprint density at radius 1 is 1.07 bits per heavy atom. The third kappa shape index (κ3) is 1.80. The fraction of sp³-hybridized carbons (Fsp3) is 0.333. The van der Waals surface area contributed by atoms with Gasteiger partial charge in [-0.05, 0) is 31.6 Å². The van der Waals surface area contributed by atoms with Crippen molar-refractivity contribution < 1.29 is 4.84 Å². The molecule has 1 aliphatic rings. The van der Waals surface area contributed by atoms with E-state index in [4.69, 9.17) is 4.84 Å². The van der Waals surface area contributed by atoms with Crippen molar-refractivity contribution in [3.8, 4) is 0 Å². The molecule has 2 heteroatoms. The van der Waals surface area contributed by atoms with Crippen molar-refractivity contribution in [1.29, 1.82) is 0 Å². The number of benzene rings is 1. The Morgan fingerprint density at radius 2 is 1.79 bits per heavy atom. The van der Waals surface area contributed by atoms with E-state index in [1.165, 1.54) is 11.1 Å². The van der Waals surface area contributed by atoms with Crippen molar-refractivity contribution in [1.82, 2.24) is 0 Å². The number of hydrogen-bond donors (Lipinski definition) is 0. The maximum absolute atomic E-state index is 5.62. The maximum atomic E-state index is 5.62. The minimum atomic E-state index is 0.709. The molecule has 0 saturated carbocycles. The Hall–Kier alpha value is -1.28. The second kappa shape index (κ2) is 3.84. The van der Waals surface area contributed by atoms with Gasteiger partial charge in [0.15, 0.2) is 0 Å². The highest BCUT2D eigenvalue weighted by Crippen LogP contribution is 2.20. The minimum Gasteiger partial charge on any atom is -0.269 e. The summed E-state index contributed by atoms with van der Waals surface area (Å²) in [5.41, 5.74) is 3.87. The van der Waals surface area contributed by atoms with Gasteiger partial charge in [0.05, 0.1) is 18.8 Å². The van der Waals surface area contributed by atoms with Gasteiger partial charge in [-0.15, -0.1) is 0 Å². The number of anilines is 1. The zero-order chi connectivity index (χ0) is 9.97. The molecular weight excluding hydrogens is 174 g/mol. The molecular formula is C12H15NO. The van der Waals surface area contributed by atoms with Crippen molar-refractivity contribution in [3.63, 3.8) is 0 Å². The van der Waals surface area contributed by atoms with Crippen LogP contribution in [0.15, 0.2) is 41.5 Å². The van der Waals surface area contributed by atoms with Crippen molar-refractivity contribution >= 4 is 5.69 Å². The minimum absolute atomic E-state index is 0.709. The normalized spacial score (nSPS) is 17.4. The van der Waals surface area contributed by atoms with Gasteiger partial charge in [0.25, 0.3) is 0 Å². The largest absolute Gasteiger partial charge is 0.269 e. The van der Waals surface area contributed by atoms with Gasteiger partial charge >= 0.3 is 0 Å². The van der Waals surface area contributed by atoms with E-state index in [1.807, 2.05) is 23.3 Å². The van der Waals surface area contributed by atoms with Crippen LogP contribution in [0.1, 0.15) is 13.8 Å². The summed E-state index contributed by atoms with van der Waals surface area (Å²) in [6, 6.07) is 10.2. The van der Waals surface area contributed by atoms with E-state index < -0.39 is 0 Å². The topological polar surface area (TPSA) is 12.5 Å². The van der Waals surface area contributed by atoms with E-state index in [9.17, 15) is 0 Å². The first-order valence-corrected chi connectivity index (χ1v) is 4.88. The molecule has 0 aromatic heterocycles.